The van der Waals surface area contributed by atoms with Crippen molar-refractivity contribution in [2.45, 2.75) is 66.0 Å². The van der Waals surface area contributed by atoms with Gasteiger partial charge >= 0.3 is 0 Å². The second-order valence-electron chi connectivity index (χ2n) is 6.47. The molecule has 2 nitrogen and oxygen atoms in total. The van der Waals surface area contributed by atoms with Gasteiger partial charge in [-0.3, -0.25) is 4.90 Å². The third kappa shape index (κ3) is 6.42. The van der Waals surface area contributed by atoms with Gasteiger partial charge in [0.15, 0.2) is 0 Å². The molecule has 0 bridgehead atoms. The molecule has 1 fully saturated rings. The normalized spacial score (nSPS) is 18.4. The lowest BCUT2D eigenvalue weighted by Crippen LogP contribution is -2.41. The highest BCUT2D eigenvalue weighted by Gasteiger charge is 2.27. The topological polar surface area (TPSA) is 15.3 Å². The number of hydrogen-bond acceptors (Lipinski definition) is 2. The summed E-state index contributed by atoms with van der Waals surface area (Å²) in [5.41, 5.74) is 0. The second-order valence-corrected chi connectivity index (χ2v) is 6.47. The van der Waals surface area contributed by atoms with Crippen LogP contribution in [0, 0.1) is 11.8 Å². The first-order chi connectivity index (χ1) is 8.00. The zero-order valence-electron chi connectivity index (χ0n) is 12.5. The van der Waals surface area contributed by atoms with E-state index in [0.717, 1.165) is 31.0 Å². The molecule has 1 rings (SSSR count). The molecule has 0 aromatic rings. The van der Waals surface area contributed by atoms with Crippen LogP contribution in [0.4, 0.5) is 0 Å². The molecule has 1 N–H and O–H groups in total. The van der Waals surface area contributed by atoms with Crippen LogP contribution >= 0.6 is 0 Å². The van der Waals surface area contributed by atoms with Crippen molar-refractivity contribution < 1.29 is 0 Å². The van der Waals surface area contributed by atoms with E-state index in [0.29, 0.717) is 6.04 Å². The van der Waals surface area contributed by atoms with E-state index in [1.165, 1.54) is 25.8 Å². The van der Waals surface area contributed by atoms with Crippen molar-refractivity contribution in [2.75, 3.05) is 19.6 Å². The molecule has 1 aliphatic rings. The maximum atomic E-state index is 3.55. The van der Waals surface area contributed by atoms with Gasteiger partial charge in [0.2, 0.25) is 0 Å². The van der Waals surface area contributed by atoms with Crippen LogP contribution in [-0.4, -0.2) is 36.6 Å². The summed E-state index contributed by atoms with van der Waals surface area (Å²) in [6.45, 7) is 15.2. The van der Waals surface area contributed by atoms with Crippen molar-refractivity contribution in [2.24, 2.45) is 11.8 Å². The zero-order valence-corrected chi connectivity index (χ0v) is 12.5. The van der Waals surface area contributed by atoms with Crippen LogP contribution in [0.2, 0.25) is 0 Å². The lowest BCUT2D eigenvalue weighted by atomic mass is 10.1. The minimum absolute atomic E-state index is 0.690. The van der Waals surface area contributed by atoms with Crippen molar-refractivity contribution >= 4 is 0 Å². The van der Waals surface area contributed by atoms with E-state index >= 15 is 0 Å². The Hall–Kier alpha value is -0.0800. The van der Waals surface area contributed by atoms with Crippen LogP contribution < -0.4 is 5.32 Å². The van der Waals surface area contributed by atoms with Crippen LogP contribution in [0.5, 0.6) is 0 Å². The summed E-state index contributed by atoms with van der Waals surface area (Å²) in [5.74, 6) is 1.77. The van der Waals surface area contributed by atoms with Crippen molar-refractivity contribution in [3.8, 4) is 0 Å². The average Bonchev–Trinajstić information content (AvgIpc) is 3.03. The maximum absolute atomic E-state index is 3.55. The predicted octanol–water partition coefficient (Wildman–Crippen LogP) is 3.13. The Kier molecular flexibility index (Phi) is 6.50. The van der Waals surface area contributed by atoms with Crippen LogP contribution in [0.15, 0.2) is 0 Å². The molecule has 0 heterocycles. The lowest BCUT2D eigenvalue weighted by Gasteiger charge is -2.33. The van der Waals surface area contributed by atoms with Crippen molar-refractivity contribution in [3.05, 3.63) is 0 Å². The Morgan fingerprint density at radius 2 is 1.76 bits per heavy atom. The molecular weight excluding hydrogens is 208 g/mol. The van der Waals surface area contributed by atoms with E-state index < -0.39 is 0 Å². The third-order valence-corrected chi connectivity index (χ3v) is 3.69. The first-order valence-corrected chi connectivity index (χ1v) is 7.47. The van der Waals surface area contributed by atoms with Crippen molar-refractivity contribution in [1.29, 1.82) is 0 Å². The molecule has 17 heavy (non-hydrogen) atoms. The predicted molar refractivity (Wildman–Crippen MR) is 76.4 cm³/mol. The van der Waals surface area contributed by atoms with E-state index in [9.17, 15) is 0 Å². The Morgan fingerprint density at radius 1 is 1.12 bits per heavy atom. The summed E-state index contributed by atoms with van der Waals surface area (Å²) in [6.07, 6.45) is 4.20. The van der Waals surface area contributed by atoms with Gasteiger partial charge in [-0.15, -0.1) is 0 Å². The summed E-state index contributed by atoms with van der Waals surface area (Å²) in [4.78, 5) is 2.69. The summed E-state index contributed by atoms with van der Waals surface area (Å²) in [7, 11) is 0. The number of hydrogen-bond donors (Lipinski definition) is 1. The Labute approximate surface area is 108 Å². The summed E-state index contributed by atoms with van der Waals surface area (Å²) in [5, 5.41) is 3.55. The molecular formula is C15H32N2. The highest BCUT2D eigenvalue weighted by Crippen LogP contribution is 2.31. The minimum Gasteiger partial charge on any atom is -0.316 e. The molecule has 0 saturated heterocycles. The quantitative estimate of drug-likeness (QED) is 0.623. The van der Waals surface area contributed by atoms with Gasteiger partial charge < -0.3 is 5.32 Å². The van der Waals surface area contributed by atoms with Crippen molar-refractivity contribution in [1.82, 2.24) is 10.2 Å². The van der Waals surface area contributed by atoms with Crippen LogP contribution in [0.1, 0.15) is 53.9 Å². The molecule has 1 saturated carbocycles. The van der Waals surface area contributed by atoms with Gasteiger partial charge in [0.1, 0.15) is 0 Å². The molecule has 1 atom stereocenters. The molecule has 1 aliphatic carbocycles. The Morgan fingerprint density at radius 3 is 2.24 bits per heavy atom. The van der Waals surface area contributed by atoms with Gasteiger partial charge in [-0.05, 0) is 65.0 Å². The number of rotatable bonds is 9. The molecule has 0 radical (unpaired) electrons. The summed E-state index contributed by atoms with van der Waals surface area (Å²) in [6, 6.07) is 1.41. The SMILES string of the molecule is CC(C)CNCCC(C)N(CC1CC1)C(C)C. The highest BCUT2D eigenvalue weighted by molar-refractivity contribution is 4.81. The van der Waals surface area contributed by atoms with Gasteiger partial charge in [0, 0.05) is 18.6 Å². The summed E-state index contributed by atoms with van der Waals surface area (Å²) < 4.78 is 0. The average molecular weight is 240 g/mol. The fourth-order valence-corrected chi connectivity index (χ4v) is 2.37. The van der Waals surface area contributed by atoms with E-state index in [2.05, 4.69) is 44.8 Å². The van der Waals surface area contributed by atoms with E-state index in [4.69, 9.17) is 0 Å². The number of nitrogens with zero attached hydrogens (tertiary/aromatic N) is 1. The standard InChI is InChI=1S/C15H32N2/c1-12(2)10-16-9-8-14(5)17(13(3)4)11-15-6-7-15/h12-16H,6-11H2,1-5H3. The molecule has 102 valence electrons. The van der Waals surface area contributed by atoms with Crippen LogP contribution in [0.3, 0.4) is 0 Å². The zero-order chi connectivity index (χ0) is 12.8. The molecule has 0 aliphatic heterocycles. The molecule has 0 aromatic carbocycles. The number of nitrogens with one attached hydrogen (secondary N) is 1. The van der Waals surface area contributed by atoms with Gasteiger partial charge in [-0.25, -0.2) is 0 Å². The van der Waals surface area contributed by atoms with Gasteiger partial charge in [0.05, 0.1) is 0 Å². The fourth-order valence-electron chi connectivity index (χ4n) is 2.37. The first kappa shape index (κ1) is 15.0. The van der Waals surface area contributed by atoms with Gasteiger partial charge in [-0.2, -0.15) is 0 Å². The molecule has 2 heteroatoms. The monoisotopic (exact) mass is 240 g/mol. The Balaban J connectivity index is 2.19. The summed E-state index contributed by atoms with van der Waals surface area (Å²) >= 11 is 0. The third-order valence-electron chi connectivity index (χ3n) is 3.69. The molecule has 0 spiro atoms. The maximum Gasteiger partial charge on any atom is 0.00818 e. The van der Waals surface area contributed by atoms with E-state index in [1.54, 1.807) is 0 Å². The second kappa shape index (κ2) is 7.38. The van der Waals surface area contributed by atoms with Gasteiger partial charge in [-0.1, -0.05) is 13.8 Å². The van der Waals surface area contributed by atoms with Crippen molar-refractivity contribution in [3.63, 3.8) is 0 Å². The first-order valence-electron chi connectivity index (χ1n) is 7.47. The smallest absolute Gasteiger partial charge is 0.00818 e. The van der Waals surface area contributed by atoms with E-state index in [-0.39, 0.29) is 0 Å². The molecule has 0 amide bonds. The molecule has 1 unspecified atom stereocenters. The van der Waals surface area contributed by atoms with Gasteiger partial charge in [0.25, 0.3) is 0 Å². The highest BCUT2D eigenvalue weighted by atomic mass is 15.2. The largest absolute Gasteiger partial charge is 0.316 e. The van der Waals surface area contributed by atoms with E-state index in [1.807, 2.05) is 0 Å². The lowest BCUT2D eigenvalue weighted by molar-refractivity contribution is 0.148. The van der Waals surface area contributed by atoms with Crippen LogP contribution in [-0.2, 0) is 0 Å². The van der Waals surface area contributed by atoms with Crippen LogP contribution in [0.25, 0.3) is 0 Å². The fraction of sp³-hybridized carbons (Fsp3) is 1.00. The minimum atomic E-state index is 0.690. The molecule has 0 aromatic heterocycles. The Bertz CT molecular complexity index is 197.